The summed E-state index contributed by atoms with van der Waals surface area (Å²) in [5.41, 5.74) is 2.51. The Hall–Kier alpha value is -2.69. The number of hydrogen-bond donors (Lipinski definition) is 1. The van der Waals surface area contributed by atoms with Crippen LogP contribution in [0.1, 0.15) is 52.7 Å². The number of benzene rings is 1. The Morgan fingerprint density at radius 2 is 1.68 bits per heavy atom. The van der Waals surface area contributed by atoms with Crippen LogP contribution in [0.4, 0.5) is 5.69 Å². The van der Waals surface area contributed by atoms with E-state index in [9.17, 15) is 9.59 Å². The van der Waals surface area contributed by atoms with E-state index in [4.69, 9.17) is 0 Å². The number of nitrogens with one attached hydrogen (secondary N) is 1. The Balaban J connectivity index is 1.71. The average Bonchev–Trinajstić information content (AvgIpc) is 2.68. The molecule has 1 aromatic carbocycles. The maximum Gasteiger partial charge on any atom is 0.274 e. The van der Waals surface area contributed by atoms with Crippen LogP contribution in [0.15, 0.2) is 42.5 Å². The number of carbonyl (C=O) groups excluding carboxylic acids is 2. The molecule has 0 radical (unpaired) electrons. The van der Waals surface area contributed by atoms with Crippen LogP contribution in [0.25, 0.3) is 0 Å². The zero-order valence-electron chi connectivity index (χ0n) is 14.5. The van der Waals surface area contributed by atoms with Crippen LogP contribution >= 0.6 is 0 Å². The lowest BCUT2D eigenvalue weighted by Crippen LogP contribution is -2.36. The van der Waals surface area contributed by atoms with Gasteiger partial charge in [0, 0.05) is 18.8 Å². The van der Waals surface area contributed by atoms with Crippen LogP contribution in [-0.4, -0.2) is 34.8 Å². The molecule has 1 aliphatic rings. The van der Waals surface area contributed by atoms with Crippen LogP contribution in [0.5, 0.6) is 0 Å². The van der Waals surface area contributed by atoms with E-state index < -0.39 is 0 Å². The standard InChI is InChI=1S/C20H23N3O2/c1-2-15-9-11-16(12-10-15)21-19(24)17-7-6-8-18(22-17)20(25)23-13-4-3-5-14-23/h6-12H,2-5,13-14H2,1H3,(H,21,24). The van der Waals surface area contributed by atoms with Gasteiger partial charge in [0.2, 0.25) is 0 Å². The molecular weight excluding hydrogens is 314 g/mol. The second-order valence-corrected chi connectivity index (χ2v) is 6.27. The molecule has 1 aliphatic heterocycles. The molecular formula is C20H23N3O2. The van der Waals surface area contributed by atoms with Gasteiger partial charge in [0.25, 0.3) is 11.8 Å². The predicted molar refractivity (Wildman–Crippen MR) is 97.8 cm³/mol. The number of hydrogen-bond acceptors (Lipinski definition) is 3. The normalized spacial score (nSPS) is 14.2. The molecule has 0 aliphatic carbocycles. The van der Waals surface area contributed by atoms with Crippen LogP contribution in [0, 0.1) is 0 Å². The maximum absolute atomic E-state index is 12.5. The smallest absolute Gasteiger partial charge is 0.274 e. The highest BCUT2D eigenvalue weighted by Crippen LogP contribution is 2.14. The number of carbonyl (C=O) groups is 2. The highest BCUT2D eigenvalue weighted by molar-refractivity contribution is 6.03. The van der Waals surface area contributed by atoms with Crippen molar-refractivity contribution in [3.05, 3.63) is 59.4 Å². The first-order chi connectivity index (χ1) is 12.2. The highest BCUT2D eigenvalue weighted by atomic mass is 16.2. The lowest BCUT2D eigenvalue weighted by molar-refractivity contribution is 0.0718. The molecule has 2 amide bonds. The fourth-order valence-electron chi connectivity index (χ4n) is 2.96. The number of aryl methyl sites for hydroxylation is 1. The lowest BCUT2D eigenvalue weighted by atomic mass is 10.1. The fourth-order valence-corrected chi connectivity index (χ4v) is 2.96. The Kier molecular flexibility index (Phi) is 5.43. The van der Waals surface area contributed by atoms with Crippen molar-refractivity contribution in [2.75, 3.05) is 18.4 Å². The quantitative estimate of drug-likeness (QED) is 0.928. The summed E-state index contributed by atoms with van der Waals surface area (Å²) in [7, 11) is 0. The number of piperidine rings is 1. The maximum atomic E-state index is 12.5. The summed E-state index contributed by atoms with van der Waals surface area (Å²) in [6.45, 7) is 3.61. The van der Waals surface area contributed by atoms with E-state index in [1.54, 1.807) is 18.2 Å². The molecule has 5 heteroatoms. The van der Waals surface area contributed by atoms with Crippen molar-refractivity contribution in [2.24, 2.45) is 0 Å². The average molecular weight is 337 g/mol. The number of rotatable bonds is 4. The van der Waals surface area contributed by atoms with E-state index in [1.807, 2.05) is 29.2 Å². The SMILES string of the molecule is CCc1ccc(NC(=O)c2cccc(C(=O)N3CCCCC3)n2)cc1. The number of anilines is 1. The van der Waals surface area contributed by atoms with E-state index in [0.717, 1.165) is 44.5 Å². The van der Waals surface area contributed by atoms with Crippen molar-refractivity contribution in [3.63, 3.8) is 0 Å². The third-order valence-corrected chi connectivity index (χ3v) is 4.46. The molecule has 0 saturated carbocycles. The monoisotopic (exact) mass is 337 g/mol. The third-order valence-electron chi connectivity index (χ3n) is 4.46. The number of pyridine rings is 1. The van der Waals surface area contributed by atoms with Crippen LogP contribution in [0.3, 0.4) is 0 Å². The van der Waals surface area contributed by atoms with E-state index in [0.29, 0.717) is 5.69 Å². The van der Waals surface area contributed by atoms with Crippen molar-refractivity contribution < 1.29 is 9.59 Å². The van der Waals surface area contributed by atoms with Gasteiger partial charge in [-0.1, -0.05) is 25.1 Å². The molecule has 0 bridgehead atoms. The Morgan fingerprint density at radius 1 is 1.00 bits per heavy atom. The molecule has 130 valence electrons. The molecule has 1 N–H and O–H groups in total. The van der Waals surface area contributed by atoms with Crippen molar-refractivity contribution >= 4 is 17.5 Å². The van der Waals surface area contributed by atoms with E-state index in [2.05, 4.69) is 17.2 Å². The summed E-state index contributed by atoms with van der Waals surface area (Å²) in [5, 5.41) is 2.83. The molecule has 1 saturated heterocycles. The number of amides is 2. The first-order valence-corrected chi connectivity index (χ1v) is 8.84. The first kappa shape index (κ1) is 17.1. The van der Waals surface area contributed by atoms with Gasteiger partial charge in [0.1, 0.15) is 11.4 Å². The molecule has 0 spiro atoms. The van der Waals surface area contributed by atoms with Gasteiger partial charge in [-0.05, 0) is 55.5 Å². The van der Waals surface area contributed by atoms with Crippen LogP contribution in [0.2, 0.25) is 0 Å². The van der Waals surface area contributed by atoms with E-state index in [1.165, 1.54) is 5.56 Å². The molecule has 0 unspecified atom stereocenters. The Labute approximate surface area is 148 Å². The molecule has 3 rings (SSSR count). The van der Waals surface area contributed by atoms with Gasteiger partial charge < -0.3 is 10.2 Å². The molecule has 25 heavy (non-hydrogen) atoms. The van der Waals surface area contributed by atoms with Crippen molar-refractivity contribution in [1.82, 2.24) is 9.88 Å². The molecule has 1 aromatic heterocycles. The lowest BCUT2D eigenvalue weighted by Gasteiger charge is -2.26. The summed E-state index contributed by atoms with van der Waals surface area (Å²) in [6, 6.07) is 12.7. The number of aromatic nitrogens is 1. The second-order valence-electron chi connectivity index (χ2n) is 6.27. The number of nitrogens with zero attached hydrogens (tertiary/aromatic N) is 2. The highest BCUT2D eigenvalue weighted by Gasteiger charge is 2.20. The van der Waals surface area contributed by atoms with Gasteiger partial charge >= 0.3 is 0 Å². The van der Waals surface area contributed by atoms with Crippen LogP contribution < -0.4 is 5.32 Å². The molecule has 5 nitrogen and oxygen atoms in total. The minimum atomic E-state index is -0.308. The van der Waals surface area contributed by atoms with Gasteiger partial charge in [-0.3, -0.25) is 9.59 Å². The minimum Gasteiger partial charge on any atom is -0.337 e. The van der Waals surface area contributed by atoms with Crippen molar-refractivity contribution in [3.8, 4) is 0 Å². The summed E-state index contributed by atoms with van der Waals surface area (Å²) < 4.78 is 0. The molecule has 1 fully saturated rings. The van der Waals surface area contributed by atoms with Gasteiger partial charge in [0.15, 0.2) is 0 Å². The Bertz CT molecular complexity index is 750. The van der Waals surface area contributed by atoms with Crippen molar-refractivity contribution in [1.29, 1.82) is 0 Å². The minimum absolute atomic E-state index is 0.0957. The van der Waals surface area contributed by atoms with Gasteiger partial charge in [0.05, 0.1) is 0 Å². The van der Waals surface area contributed by atoms with E-state index >= 15 is 0 Å². The summed E-state index contributed by atoms with van der Waals surface area (Å²) in [5.74, 6) is -0.404. The first-order valence-electron chi connectivity index (χ1n) is 8.84. The topological polar surface area (TPSA) is 62.3 Å². The van der Waals surface area contributed by atoms with Crippen molar-refractivity contribution in [2.45, 2.75) is 32.6 Å². The zero-order chi connectivity index (χ0) is 17.6. The van der Waals surface area contributed by atoms with Crippen LogP contribution in [-0.2, 0) is 6.42 Å². The Morgan fingerprint density at radius 3 is 2.36 bits per heavy atom. The molecule has 2 heterocycles. The van der Waals surface area contributed by atoms with E-state index in [-0.39, 0.29) is 17.5 Å². The zero-order valence-corrected chi connectivity index (χ0v) is 14.5. The molecule has 2 aromatic rings. The van der Waals surface area contributed by atoms with Gasteiger partial charge in [-0.15, -0.1) is 0 Å². The summed E-state index contributed by atoms with van der Waals surface area (Å²) in [4.78, 5) is 31.0. The summed E-state index contributed by atoms with van der Waals surface area (Å²) in [6.07, 6.45) is 4.17. The third kappa shape index (κ3) is 4.24. The summed E-state index contributed by atoms with van der Waals surface area (Å²) >= 11 is 0. The van der Waals surface area contributed by atoms with Gasteiger partial charge in [-0.2, -0.15) is 0 Å². The number of likely N-dealkylation sites (tertiary alicyclic amines) is 1. The predicted octanol–water partition coefficient (Wildman–Crippen LogP) is 3.52. The largest absolute Gasteiger partial charge is 0.337 e. The van der Waals surface area contributed by atoms with Gasteiger partial charge in [-0.25, -0.2) is 4.98 Å². The second kappa shape index (κ2) is 7.92. The molecule has 0 atom stereocenters. The fraction of sp³-hybridized carbons (Fsp3) is 0.350.